The Bertz CT molecular complexity index is 843. The highest BCUT2D eigenvalue weighted by Crippen LogP contribution is 2.15. The average Bonchev–Trinajstić information content (AvgIpc) is 2.99. The van der Waals surface area contributed by atoms with Crippen LogP contribution in [0.25, 0.3) is 5.65 Å². The molecule has 0 bridgehead atoms. The van der Waals surface area contributed by atoms with E-state index in [2.05, 4.69) is 10.3 Å². The van der Waals surface area contributed by atoms with E-state index >= 15 is 0 Å². The van der Waals surface area contributed by atoms with Crippen LogP contribution < -0.4 is 10.1 Å². The molecule has 0 saturated carbocycles. The van der Waals surface area contributed by atoms with Crippen LogP contribution in [0.3, 0.4) is 0 Å². The molecule has 0 aliphatic heterocycles. The molecule has 1 aromatic carbocycles. The molecule has 5 nitrogen and oxygen atoms in total. The second-order valence-electron chi connectivity index (χ2n) is 5.47. The molecule has 0 saturated heterocycles. The fourth-order valence-electron chi connectivity index (χ4n) is 2.38. The summed E-state index contributed by atoms with van der Waals surface area (Å²) in [4.78, 5) is 16.4. The van der Waals surface area contributed by atoms with Crippen LogP contribution in [0.5, 0.6) is 5.75 Å². The van der Waals surface area contributed by atoms with E-state index < -0.39 is 0 Å². The van der Waals surface area contributed by atoms with Crippen molar-refractivity contribution in [3.8, 4) is 5.75 Å². The number of nitrogens with one attached hydrogen (secondary N) is 1. The van der Waals surface area contributed by atoms with E-state index in [1.54, 1.807) is 24.3 Å². The third-order valence-corrected chi connectivity index (χ3v) is 3.88. The Morgan fingerprint density at radius 1 is 1.25 bits per heavy atom. The normalized spacial score (nSPS) is 10.8. The van der Waals surface area contributed by atoms with Crippen molar-refractivity contribution in [3.05, 3.63) is 65.1 Å². The molecule has 124 valence electrons. The lowest BCUT2D eigenvalue weighted by molar-refractivity contribution is -0.123. The van der Waals surface area contributed by atoms with Crippen molar-refractivity contribution >= 4 is 23.2 Å². The maximum Gasteiger partial charge on any atom is 0.257 e. The number of fused-ring (bicyclic) bond motifs is 1. The van der Waals surface area contributed by atoms with Crippen molar-refractivity contribution in [2.45, 2.75) is 13.3 Å². The van der Waals surface area contributed by atoms with Crippen molar-refractivity contribution in [2.75, 3.05) is 13.2 Å². The topological polar surface area (TPSA) is 55.6 Å². The highest BCUT2D eigenvalue weighted by molar-refractivity contribution is 6.30. The van der Waals surface area contributed by atoms with Crippen LogP contribution in [-0.4, -0.2) is 28.4 Å². The van der Waals surface area contributed by atoms with Gasteiger partial charge in [-0.25, -0.2) is 4.98 Å². The summed E-state index contributed by atoms with van der Waals surface area (Å²) in [5.41, 5.74) is 3.00. The minimum atomic E-state index is -0.162. The zero-order chi connectivity index (χ0) is 16.9. The summed E-state index contributed by atoms with van der Waals surface area (Å²) in [5, 5.41) is 3.47. The quantitative estimate of drug-likeness (QED) is 0.748. The van der Waals surface area contributed by atoms with Gasteiger partial charge in [-0.3, -0.25) is 4.79 Å². The summed E-state index contributed by atoms with van der Waals surface area (Å²) < 4.78 is 7.44. The molecule has 0 atom stereocenters. The molecule has 2 heterocycles. The number of carbonyl (C=O) groups is 1. The van der Waals surface area contributed by atoms with Crippen LogP contribution in [-0.2, 0) is 11.2 Å². The third-order valence-electron chi connectivity index (χ3n) is 3.63. The van der Waals surface area contributed by atoms with Gasteiger partial charge in [-0.05, 0) is 43.3 Å². The SMILES string of the molecule is Cc1cccc2nc(CCNC(=O)COc3ccc(Cl)cc3)cn12. The monoisotopic (exact) mass is 343 g/mol. The molecular formula is C18H18ClN3O2. The lowest BCUT2D eigenvalue weighted by Gasteiger charge is -2.06. The number of aryl methyl sites for hydroxylation is 1. The number of halogens is 1. The highest BCUT2D eigenvalue weighted by atomic mass is 35.5. The van der Waals surface area contributed by atoms with Gasteiger partial charge in [0.15, 0.2) is 6.61 Å². The van der Waals surface area contributed by atoms with E-state index in [0.717, 1.165) is 17.0 Å². The number of imidazole rings is 1. The molecule has 0 fully saturated rings. The fourth-order valence-corrected chi connectivity index (χ4v) is 2.51. The Balaban J connectivity index is 1.45. The number of ether oxygens (including phenoxy) is 1. The lowest BCUT2D eigenvalue weighted by atomic mass is 10.3. The van der Waals surface area contributed by atoms with Crippen LogP contribution in [0.1, 0.15) is 11.4 Å². The first-order chi connectivity index (χ1) is 11.6. The molecule has 0 aliphatic rings. The number of benzene rings is 1. The van der Waals surface area contributed by atoms with E-state index in [1.807, 2.05) is 35.7 Å². The van der Waals surface area contributed by atoms with Gasteiger partial charge in [0.1, 0.15) is 11.4 Å². The Labute approximate surface area is 145 Å². The number of carbonyl (C=O) groups excluding carboxylic acids is 1. The van der Waals surface area contributed by atoms with Gasteiger partial charge in [0, 0.05) is 29.9 Å². The van der Waals surface area contributed by atoms with Gasteiger partial charge in [0.2, 0.25) is 0 Å². The Hall–Kier alpha value is -2.53. The molecule has 1 N–H and O–H groups in total. The second kappa shape index (κ2) is 7.36. The smallest absolute Gasteiger partial charge is 0.257 e. The van der Waals surface area contributed by atoms with Crippen LogP contribution in [0.2, 0.25) is 5.02 Å². The van der Waals surface area contributed by atoms with E-state index in [0.29, 0.717) is 23.7 Å². The molecule has 3 aromatic rings. The molecule has 3 rings (SSSR count). The van der Waals surface area contributed by atoms with E-state index in [-0.39, 0.29) is 12.5 Å². The van der Waals surface area contributed by atoms with Gasteiger partial charge in [-0.1, -0.05) is 17.7 Å². The van der Waals surface area contributed by atoms with Crippen molar-refractivity contribution in [1.29, 1.82) is 0 Å². The standard InChI is InChI=1S/C18H18ClN3O2/c1-13-3-2-4-17-21-15(11-22(13)17)9-10-20-18(23)12-24-16-7-5-14(19)6-8-16/h2-8,11H,9-10,12H2,1H3,(H,20,23). The van der Waals surface area contributed by atoms with Crippen LogP contribution >= 0.6 is 11.6 Å². The zero-order valence-electron chi connectivity index (χ0n) is 13.3. The molecule has 2 aromatic heterocycles. The molecule has 1 amide bonds. The van der Waals surface area contributed by atoms with E-state index in [1.165, 1.54) is 0 Å². The van der Waals surface area contributed by atoms with Gasteiger partial charge >= 0.3 is 0 Å². The minimum absolute atomic E-state index is 0.0219. The molecule has 6 heteroatoms. The predicted molar refractivity (Wildman–Crippen MR) is 93.6 cm³/mol. The molecule has 0 unspecified atom stereocenters. The van der Waals surface area contributed by atoms with Crippen LogP contribution in [0.4, 0.5) is 0 Å². The van der Waals surface area contributed by atoms with Crippen molar-refractivity contribution in [3.63, 3.8) is 0 Å². The van der Waals surface area contributed by atoms with Gasteiger partial charge in [-0.15, -0.1) is 0 Å². The summed E-state index contributed by atoms with van der Waals surface area (Å²) in [6.07, 6.45) is 2.68. The average molecular weight is 344 g/mol. The van der Waals surface area contributed by atoms with E-state index in [9.17, 15) is 4.79 Å². The first-order valence-electron chi connectivity index (χ1n) is 7.70. The maximum absolute atomic E-state index is 11.8. The summed E-state index contributed by atoms with van der Waals surface area (Å²) in [6, 6.07) is 12.9. The largest absolute Gasteiger partial charge is 0.484 e. The van der Waals surface area contributed by atoms with Crippen LogP contribution in [0.15, 0.2) is 48.7 Å². The number of rotatable bonds is 6. The Morgan fingerprint density at radius 3 is 2.79 bits per heavy atom. The Kier molecular flexibility index (Phi) is 5.01. The number of pyridine rings is 1. The minimum Gasteiger partial charge on any atom is -0.484 e. The van der Waals surface area contributed by atoms with Gasteiger partial charge in [-0.2, -0.15) is 0 Å². The van der Waals surface area contributed by atoms with Crippen LogP contribution in [0, 0.1) is 6.92 Å². The molecule has 0 radical (unpaired) electrons. The summed E-state index contributed by atoms with van der Waals surface area (Å²) in [6.45, 7) is 2.53. The number of nitrogens with zero attached hydrogens (tertiary/aromatic N) is 2. The molecular weight excluding hydrogens is 326 g/mol. The summed E-state index contributed by atoms with van der Waals surface area (Å²) >= 11 is 5.80. The van der Waals surface area contributed by atoms with Gasteiger partial charge < -0.3 is 14.5 Å². The fraction of sp³-hybridized carbons (Fsp3) is 0.222. The second-order valence-corrected chi connectivity index (χ2v) is 5.91. The zero-order valence-corrected chi connectivity index (χ0v) is 14.1. The maximum atomic E-state index is 11.8. The number of hydrogen-bond donors (Lipinski definition) is 1. The first-order valence-corrected chi connectivity index (χ1v) is 8.08. The number of aromatic nitrogens is 2. The molecule has 0 aliphatic carbocycles. The van der Waals surface area contributed by atoms with Crippen molar-refractivity contribution in [2.24, 2.45) is 0 Å². The first kappa shape index (κ1) is 16.3. The lowest BCUT2D eigenvalue weighted by Crippen LogP contribution is -2.30. The molecule has 24 heavy (non-hydrogen) atoms. The summed E-state index contributed by atoms with van der Waals surface area (Å²) in [5.74, 6) is 0.454. The molecule has 0 spiro atoms. The Morgan fingerprint density at radius 2 is 2.04 bits per heavy atom. The number of hydrogen-bond acceptors (Lipinski definition) is 3. The van der Waals surface area contributed by atoms with Gasteiger partial charge in [0.05, 0.1) is 5.69 Å². The number of amides is 1. The summed E-state index contributed by atoms with van der Waals surface area (Å²) in [7, 11) is 0. The third kappa shape index (κ3) is 4.06. The van der Waals surface area contributed by atoms with Gasteiger partial charge in [0.25, 0.3) is 5.91 Å². The van der Waals surface area contributed by atoms with Crippen molar-refractivity contribution in [1.82, 2.24) is 14.7 Å². The van der Waals surface area contributed by atoms with E-state index in [4.69, 9.17) is 16.3 Å². The van der Waals surface area contributed by atoms with Crippen molar-refractivity contribution < 1.29 is 9.53 Å². The highest BCUT2D eigenvalue weighted by Gasteiger charge is 2.05. The predicted octanol–water partition coefficient (Wildman–Crippen LogP) is 3.03.